The fraction of sp³-hybridized carbons (Fsp3) is 0.111. The molecule has 0 aliphatic carbocycles. The standard InChI is InChI=1S/C18H14N2O4S/c1-11-5-7-12(8-6-11)25(23,24)20-10-14-16(21)9-19-18(22)13-3-2-4-15(20)17(13)14/h2-8,10H,9H2,1H3,(H,19,22). The first kappa shape index (κ1) is 15.6. The van der Waals surface area contributed by atoms with E-state index in [9.17, 15) is 18.0 Å². The minimum Gasteiger partial charge on any atom is -0.345 e. The number of amides is 1. The summed E-state index contributed by atoms with van der Waals surface area (Å²) in [5.41, 5.74) is 1.80. The molecular weight excluding hydrogens is 340 g/mol. The van der Waals surface area contributed by atoms with Crippen LogP contribution in [0.2, 0.25) is 0 Å². The molecule has 1 aliphatic rings. The van der Waals surface area contributed by atoms with Crippen molar-refractivity contribution in [1.82, 2.24) is 9.29 Å². The van der Waals surface area contributed by atoms with Gasteiger partial charge in [-0.25, -0.2) is 12.4 Å². The zero-order valence-corrected chi connectivity index (χ0v) is 14.1. The molecule has 0 atom stereocenters. The van der Waals surface area contributed by atoms with Crippen molar-refractivity contribution < 1.29 is 18.0 Å². The monoisotopic (exact) mass is 354 g/mol. The van der Waals surface area contributed by atoms with Gasteiger partial charge in [0.2, 0.25) is 0 Å². The summed E-state index contributed by atoms with van der Waals surface area (Å²) < 4.78 is 27.2. The van der Waals surface area contributed by atoms with Gasteiger partial charge in [-0.05, 0) is 31.2 Å². The van der Waals surface area contributed by atoms with Crippen LogP contribution in [0.4, 0.5) is 0 Å². The van der Waals surface area contributed by atoms with Crippen LogP contribution in [0.3, 0.4) is 0 Å². The Kier molecular flexibility index (Phi) is 3.30. The molecule has 25 heavy (non-hydrogen) atoms. The van der Waals surface area contributed by atoms with Crippen molar-refractivity contribution in [3.05, 3.63) is 65.4 Å². The topological polar surface area (TPSA) is 85.2 Å². The van der Waals surface area contributed by atoms with E-state index in [1.54, 1.807) is 30.3 Å². The minimum absolute atomic E-state index is 0.126. The van der Waals surface area contributed by atoms with E-state index in [-0.39, 0.29) is 28.7 Å². The molecule has 0 bridgehead atoms. The zero-order chi connectivity index (χ0) is 17.8. The van der Waals surface area contributed by atoms with E-state index in [0.717, 1.165) is 9.54 Å². The molecule has 0 saturated heterocycles. The maximum atomic E-state index is 13.0. The van der Waals surface area contributed by atoms with Crippen molar-refractivity contribution in [1.29, 1.82) is 0 Å². The van der Waals surface area contributed by atoms with Crippen LogP contribution in [0.5, 0.6) is 0 Å². The van der Waals surface area contributed by atoms with Gasteiger partial charge in [-0.3, -0.25) is 9.59 Å². The van der Waals surface area contributed by atoms with Crippen molar-refractivity contribution in [3.8, 4) is 0 Å². The first-order valence-electron chi connectivity index (χ1n) is 7.67. The Labute approximate surface area is 144 Å². The number of aromatic nitrogens is 1. The van der Waals surface area contributed by atoms with Gasteiger partial charge in [0.15, 0.2) is 5.78 Å². The summed E-state index contributed by atoms with van der Waals surface area (Å²) in [5, 5.41) is 2.91. The Hall–Kier alpha value is -2.93. The molecular formula is C18H14N2O4S. The van der Waals surface area contributed by atoms with E-state index in [1.165, 1.54) is 18.3 Å². The summed E-state index contributed by atoms with van der Waals surface area (Å²) in [7, 11) is -3.88. The Morgan fingerprint density at radius 2 is 1.72 bits per heavy atom. The maximum absolute atomic E-state index is 13.0. The summed E-state index contributed by atoms with van der Waals surface area (Å²) in [6, 6.07) is 11.3. The Bertz CT molecular complexity index is 1140. The highest BCUT2D eigenvalue weighted by molar-refractivity contribution is 7.90. The molecule has 0 spiro atoms. The molecule has 2 aromatic carbocycles. The molecule has 0 fully saturated rings. The van der Waals surface area contributed by atoms with Gasteiger partial charge in [-0.1, -0.05) is 23.8 Å². The number of rotatable bonds is 2. The molecule has 7 heteroatoms. The van der Waals surface area contributed by atoms with Crippen molar-refractivity contribution in [2.45, 2.75) is 11.8 Å². The van der Waals surface area contributed by atoms with Crippen LogP contribution in [-0.2, 0) is 10.0 Å². The fourth-order valence-electron chi connectivity index (χ4n) is 3.03. The maximum Gasteiger partial charge on any atom is 0.268 e. The molecule has 126 valence electrons. The smallest absolute Gasteiger partial charge is 0.268 e. The van der Waals surface area contributed by atoms with E-state index in [0.29, 0.717) is 16.5 Å². The average molecular weight is 354 g/mol. The second-order valence-electron chi connectivity index (χ2n) is 5.96. The summed E-state index contributed by atoms with van der Waals surface area (Å²) in [4.78, 5) is 24.6. The van der Waals surface area contributed by atoms with Crippen molar-refractivity contribution in [2.75, 3.05) is 6.54 Å². The minimum atomic E-state index is -3.88. The first-order chi connectivity index (χ1) is 11.9. The number of nitrogens with zero attached hydrogens (tertiary/aromatic N) is 1. The highest BCUT2D eigenvalue weighted by atomic mass is 32.2. The van der Waals surface area contributed by atoms with Crippen LogP contribution in [0.1, 0.15) is 26.3 Å². The molecule has 0 saturated carbocycles. The van der Waals surface area contributed by atoms with Gasteiger partial charge in [0.25, 0.3) is 15.9 Å². The fourth-order valence-corrected chi connectivity index (χ4v) is 4.39. The van der Waals surface area contributed by atoms with Crippen LogP contribution in [0, 0.1) is 6.92 Å². The van der Waals surface area contributed by atoms with Gasteiger partial charge in [0.1, 0.15) is 0 Å². The molecule has 0 radical (unpaired) electrons. The van der Waals surface area contributed by atoms with Crippen LogP contribution in [0.15, 0.2) is 53.6 Å². The lowest BCUT2D eigenvalue weighted by molar-refractivity contribution is 0.0911. The molecule has 1 aliphatic heterocycles. The van der Waals surface area contributed by atoms with Crippen LogP contribution < -0.4 is 5.32 Å². The molecule has 1 aromatic heterocycles. The zero-order valence-electron chi connectivity index (χ0n) is 13.3. The molecule has 1 amide bonds. The number of nitrogens with one attached hydrogen (secondary N) is 1. The van der Waals surface area contributed by atoms with Crippen molar-refractivity contribution in [2.24, 2.45) is 0 Å². The number of aryl methyl sites for hydroxylation is 1. The van der Waals surface area contributed by atoms with Gasteiger partial charge in [-0.2, -0.15) is 0 Å². The SMILES string of the molecule is Cc1ccc(S(=O)(=O)n2cc3c4c(cccc42)C(=O)NCC3=O)cc1. The number of ketones is 1. The van der Waals surface area contributed by atoms with Gasteiger partial charge in [0, 0.05) is 22.7 Å². The lowest BCUT2D eigenvalue weighted by Crippen LogP contribution is -2.27. The van der Waals surface area contributed by atoms with Crippen LogP contribution in [-0.4, -0.2) is 30.6 Å². The highest BCUT2D eigenvalue weighted by Gasteiger charge is 2.28. The quantitative estimate of drug-likeness (QED) is 0.764. The average Bonchev–Trinajstić information content (AvgIpc) is 2.95. The number of hydrogen-bond acceptors (Lipinski definition) is 4. The summed E-state index contributed by atoms with van der Waals surface area (Å²) in [6.45, 7) is 1.71. The van der Waals surface area contributed by atoms with Crippen LogP contribution >= 0.6 is 0 Å². The van der Waals surface area contributed by atoms with Gasteiger partial charge >= 0.3 is 0 Å². The molecule has 1 N–H and O–H groups in total. The van der Waals surface area contributed by atoms with Crippen LogP contribution in [0.25, 0.3) is 10.9 Å². The van der Waals surface area contributed by atoms with E-state index in [2.05, 4.69) is 5.32 Å². The first-order valence-corrected chi connectivity index (χ1v) is 9.11. The Morgan fingerprint density at radius 3 is 2.44 bits per heavy atom. The molecule has 4 rings (SSSR count). The summed E-state index contributed by atoms with van der Waals surface area (Å²) in [6.07, 6.45) is 1.31. The number of Topliss-reactive ketones (excluding diaryl/α,β-unsaturated/α-hetero) is 1. The van der Waals surface area contributed by atoms with Crippen molar-refractivity contribution >= 4 is 32.6 Å². The van der Waals surface area contributed by atoms with E-state index in [1.807, 2.05) is 6.92 Å². The Balaban J connectivity index is 2.05. The molecule has 6 nitrogen and oxygen atoms in total. The summed E-state index contributed by atoms with van der Waals surface area (Å²) >= 11 is 0. The third-order valence-corrected chi connectivity index (χ3v) is 6.02. The van der Waals surface area contributed by atoms with Gasteiger partial charge in [0.05, 0.1) is 17.0 Å². The van der Waals surface area contributed by atoms with E-state index < -0.39 is 10.0 Å². The number of benzene rings is 2. The van der Waals surface area contributed by atoms with E-state index in [4.69, 9.17) is 0 Å². The second kappa shape index (κ2) is 5.29. The lowest BCUT2D eigenvalue weighted by atomic mass is 10.1. The Morgan fingerprint density at radius 1 is 1.00 bits per heavy atom. The molecule has 0 unspecified atom stereocenters. The predicted molar refractivity (Wildman–Crippen MR) is 92.4 cm³/mol. The van der Waals surface area contributed by atoms with E-state index >= 15 is 0 Å². The number of carbonyl (C=O) groups is 2. The highest BCUT2D eigenvalue weighted by Crippen LogP contribution is 2.30. The number of hydrogen-bond donors (Lipinski definition) is 1. The summed E-state index contributed by atoms with van der Waals surface area (Å²) in [5.74, 6) is -0.704. The molecule has 2 heterocycles. The largest absolute Gasteiger partial charge is 0.345 e. The third kappa shape index (κ3) is 2.27. The number of carbonyl (C=O) groups excluding carboxylic acids is 2. The van der Waals surface area contributed by atoms with Gasteiger partial charge in [-0.15, -0.1) is 0 Å². The molecule has 3 aromatic rings. The lowest BCUT2D eigenvalue weighted by Gasteiger charge is -2.09. The van der Waals surface area contributed by atoms with Crippen molar-refractivity contribution in [3.63, 3.8) is 0 Å². The second-order valence-corrected chi connectivity index (χ2v) is 7.78. The third-order valence-electron chi connectivity index (χ3n) is 4.33. The normalized spacial score (nSPS) is 14.4. The predicted octanol–water partition coefficient (Wildman–Crippen LogP) is 2.11. The van der Waals surface area contributed by atoms with Gasteiger partial charge < -0.3 is 5.32 Å².